The molecule has 0 aliphatic carbocycles. The molecule has 1 atom stereocenters. The topological polar surface area (TPSA) is 69.8 Å². The van der Waals surface area contributed by atoms with Gasteiger partial charge in [-0.3, -0.25) is 9.89 Å². The fourth-order valence-electron chi connectivity index (χ4n) is 2.93. The Hall–Kier alpha value is -2.11. The Balaban J connectivity index is 0.00000208. The van der Waals surface area contributed by atoms with Crippen molar-refractivity contribution in [2.75, 3.05) is 6.54 Å². The molecule has 0 fully saturated rings. The molecular formula is C18H23ClN4O. The molecule has 1 amide bonds. The summed E-state index contributed by atoms with van der Waals surface area (Å²) in [5.74, 6) is -0.121. The summed E-state index contributed by atoms with van der Waals surface area (Å²) in [7, 11) is 0. The van der Waals surface area contributed by atoms with E-state index in [0.717, 1.165) is 42.6 Å². The third kappa shape index (κ3) is 4.04. The third-order valence-electron chi connectivity index (χ3n) is 4.19. The lowest BCUT2D eigenvalue weighted by atomic mass is 10.0. The molecule has 3 rings (SSSR count). The average molecular weight is 347 g/mol. The van der Waals surface area contributed by atoms with Gasteiger partial charge >= 0.3 is 0 Å². The number of carbonyl (C=O) groups excluding carboxylic acids is 1. The monoisotopic (exact) mass is 346 g/mol. The second kappa shape index (κ2) is 8.66. The van der Waals surface area contributed by atoms with Crippen molar-refractivity contribution in [1.82, 2.24) is 20.8 Å². The first-order valence-electron chi connectivity index (χ1n) is 8.03. The summed E-state index contributed by atoms with van der Waals surface area (Å²) in [4.78, 5) is 12.7. The van der Waals surface area contributed by atoms with E-state index in [4.69, 9.17) is 0 Å². The zero-order valence-electron chi connectivity index (χ0n) is 13.5. The first-order chi connectivity index (χ1) is 11.3. The van der Waals surface area contributed by atoms with Crippen molar-refractivity contribution < 1.29 is 4.79 Å². The van der Waals surface area contributed by atoms with Crippen LogP contribution in [0.4, 0.5) is 0 Å². The summed E-state index contributed by atoms with van der Waals surface area (Å²) < 4.78 is 0. The largest absolute Gasteiger partial charge is 0.344 e. The number of benzene rings is 1. The molecule has 0 saturated carbocycles. The van der Waals surface area contributed by atoms with Gasteiger partial charge in [0.25, 0.3) is 5.91 Å². The number of aromatic nitrogens is 2. The summed E-state index contributed by atoms with van der Waals surface area (Å²) in [5.41, 5.74) is 3.66. The lowest BCUT2D eigenvalue weighted by Crippen LogP contribution is -2.31. The SMILES string of the molecule is C=CCCC(NC(=O)c1n[nH]c2c1CNCC2)c1ccccc1.Cl. The smallest absolute Gasteiger partial charge is 0.272 e. The van der Waals surface area contributed by atoms with Crippen LogP contribution in [0.1, 0.15) is 46.2 Å². The maximum atomic E-state index is 12.7. The van der Waals surface area contributed by atoms with Crippen LogP contribution in [-0.2, 0) is 13.0 Å². The Morgan fingerprint density at radius 2 is 2.17 bits per heavy atom. The van der Waals surface area contributed by atoms with Gasteiger partial charge in [-0.15, -0.1) is 19.0 Å². The van der Waals surface area contributed by atoms with Crippen LogP contribution >= 0.6 is 12.4 Å². The van der Waals surface area contributed by atoms with Gasteiger partial charge in [0.2, 0.25) is 0 Å². The predicted molar refractivity (Wildman–Crippen MR) is 97.3 cm³/mol. The van der Waals surface area contributed by atoms with Crippen LogP contribution < -0.4 is 10.6 Å². The third-order valence-corrected chi connectivity index (χ3v) is 4.19. The molecule has 1 aliphatic heterocycles. The van der Waals surface area contributed by atoms with Gasteiger partial charge in [0.1, 0.15) is 0 Å². The van der Waals surface area contributed by atoms with Crippen molar-refractivity contribution in [1.29, 1.82) is 0 Å². The molecule has 24 heavy (non-hydrogen) atoms. The van der Waals surface area contributed by atoms with Crippen LogP contribution in [0.2, 0.25) is 0 Å². The number of allylic oxidation sites excluding steroid dienone is 1. The van der Waals surface area contributed by atoms with Crippen LogP contribution in [-0.4, -0.2) is 22.6 Å². The molecule has 3 N–H and O–H groups in total. The number of carbonyl (C=O) groups is 1. The normalized spacial score (nSPS) is 14.2. The Labute approximate surface area is 148 Å². The zero-order chi connectivity index (χ0) is 16.1. The average Bonchev–Trinajstić information content (AvgIpc) is 3.03. The highest BCUT2D eigenvalue weighted by Crippen LogP contribution is 2.21. The lowest BCUT2D eigenvalue weighted by Gasteiger charge is -2.19. The van der Waals surface area contributed by atoms with E-state index in [0.29, 0.717) is 12.2 Å². The molecule has 6 heteroatoms. The number of nitrogens with zero attached hydrogens (tertiary/aromatic N) is 1. The minimum Gasteiger partial charge on any atom is -0.344 e. The minimum atomic E-state index is -0.121. The van der Waals surface area contributed by atoms with Crippen LogP contribution in [0.5, 0.6) is 0 Å². The number of halogens is 1. The highest BCUT2D eigenvalue weighted by molar-refractivity contribution is 5.94. The van der Waals surface area contributed by atoms with Crippen molar-refractivity contribution in [3.63, 3.8) is 0 Å². The van der Waals surface area contributed by atoms with Crippen LogP contribution in [0.3, 0.4) is 0 Å². The van der Waals surface area contributed by atoms with E-state index in [1.165, 1.54) is 0 Å². The van der Waals surface area contributed by atoms with Gasteiger partial charge in [-0.1, -0.05) is 36.4 Å². The maximum absolute atomic E-state index is 12.7. The predicted octanol–water partition coefficient (Wildman–Crippen LogP) is 2.91. The van der Waals surface area contributed by atoms with E-state index in [2.05, 4.69) is 27.4 Å². The van der Waals surface area contributed by atoms with E-state index in [1.807, 2.05) is 36.4 Å². The van der Waals surface area contributed by atoms with Gasteiger partial charge < -0.3 is 10.6 Å². The van der Waals surface area contributed by atoms with Gasteiger partial charge in [0.05, 0.1) is 6.04 Å². The van der Waals surface area contributed by atoms with Crippen molar-refractivity contribution in [2.24, 2.45) is 0 Å². The Kier molecular flexibility index (Phi) is 6.58. The molecule has 5 nitrogen and oxygen atoms in total. The fourth-order valence-corrected chi connectivity index (χ4v) is 2.93. The Bertz CT molecular complexity index is 684. The standard InChI is InChI=1S/C18H22N4O.ClH/c1-2-3-9-15(13-7-5-4-6-8-13)20-18(23)17-14-12-19-11-10-16(14)21-22-17;/h2,4-8,15,19H,1,3,9-12H2,(H,20,23)(H,21,22);1H. The summed E-state index contributed by atoms with van der Waals surface area (Å²) >= 11 is 0. The number of aromatic amines is 1. The highest BCUT2D eigenvalue weighted by Gasteiger charge is 2.23. The second-order valence-electron chi connectivity index (χ2n) is 5.76. The number of nitrogens with one attached hydrogen (secondary N) is 3. The van der Waals surface area contributed by atoms with E-state index in [-0.39, 0.29) is 24.4 Å². The van der Waals surface area contributed by atoms with E-state index in [9.17, 15) is 4.79 Å². The molecule has 1 aliphatic rings. The van der Waals surface area contributed by atoms with Crippen molar-refractivity contribution in [3.8, 4) is 0 Å². The molecule has 1 aromatic heterocycles. The van der Waals surface area contributed by atoms with E-state index < -0.39 is 0 Å². The first-order valence-corrected chi connectivity index (χ1v) is 8.03. The number of fused-ring (bicyclic) bond motifs is 1. The number of hydrogen-bond donors (Lipinski definition) is 3. The zero-order valence-corrected chi connectivity index (χ0v) is 14.4. The molecular weight excluding hydrogens is 324 g/mol. The van der Waals surface area contributed by atoms with Crippen LogP contribution in [0, 0.1) is 0 Å². The molecule has 128 valence electrons. The minimum absolute atomic E-state index is 0. The quantitative estimate of drug-likeness (QED) is 0.704. The number of hydrogen-bond acceptors (Lipinski definition) is 3. The second-order valence-corrected chi connectivity index (χ2v) is 5.76. The highest BCUT2D eigenvalue weighted by atomic mass is 35.5. The van der Waals surface area contributed by atoms with Crippen molar-refractivity contribution in [2.45, 2.75) is 31.8 Å². The summed E-state index contributed by atoms with van der Waals surface area (Å²) in [6, 6.07) is 9.99. The Morgan fingerprint density at radius 3 is 2.92 bits per heavy atom. The lowest BCUT2D eigenvalue weighted by molar-refractivity contribution is 0.0928. The molecule has 0 radical (unpaired) electrons. The fraction of sp³-hybridized carbons (Fsp3) is 0.333. The van der Waals surface area contributed by atoms with Crippen molar-refractivity contribution >= 4 is 18.3 Å². The molecule has 2 heterocycles. The summed E-state index contributed by atoms with van der Waals surface area (Å²) in [5, 5.41) is 13.6. The Morgan fingerprint density at radius 1 is 1.38 bits per heavy atom. The maximum Gasteiger partial charge on any atom is 0.272 e. The van der Waals surface area contributed by atoms with E-state index in [1.54, 1.807) is 0 Å². The molecule has 0 bridgehead atoms. The van der Waals surface area contributed by atoms with Crippen molar-refractivity contribution in [3.05, 3.63) is 65.5 Å². The number of amides is 1. The van der Waals surface area contributed by atoms with Gasteiger partial charge in [0.15, 0.2) is 5.69 Å². The number of rotatable bonds is 6. The van der Waals surface area contributed by atoms with Gasteiger partial charge in [-0.2, -0.15) is 5.10 Å². The molecule has 0 saturated heterocycles. The molecule has 1 aromatic carbocycles. The van der Waals surface area contributed by atoms with Crippen LogP contribution in [0.25, 0.3) is 0 Å². The van der Waals surface area contributed by atoms with Crippen LogP contribution in [0.15, 0.2) is 43.0 Å². The molecule has 1 unspecified atom stereocenters. The summed E-state index contributed by atoms with van der Waals surface area (Å²) in [6.07, 6.45) is 4.43. The molecule has 2 aromatic rings. The van der Waals surface area contributed by atoms with Gasteiger partial charge in [-0.25, -0.2) is 0 Å². The molecule has 0 spiro atoms. The van der Waals surface area contributed by atoms with Gasteiger partial charge in [-0.05, 0) is 18.4 Å². The van der Waals surface area contributed by atoms with Gasteiger partial charge in [0, 0.05) is 30.8 Å². The number of H-pyrrole nitrogens is 1. The summed E-state index contributed by atoms with van der Waals surface area (Å²) in [6.45, 7) is 5.39. The first kappa shape index (κ1) is 18.2. The van der Waals surface area contributed by atoms with E-state index >= 15 is 0 Å².